The van der Waals surface area contributed by atoms with Crippen LogP contribution < -0.4 is 5.32 Å². The van der Waals surface area contributed by atoms with Gasteiger partial charge in [-0.25, -0.2) is 0 Å². The molecule has 14 heavy (non-hydrogen) atoms. The van der Waals surface area contributed by atoms with Crippen molar-refractivity contribution in [1.82, 2.24) is 5.32 Å². The average molecular weight is 199 g/mol. The number of rotatable bonds is 9. The zero-order chi connectivity index (χ0) is 10.8. The van der Waals surface area contributed by atoms with Gasteiger partial charge in [-0.2, -0.15) is 0 Å². The standard InChI is InChI=1S/C13H29N/c1-5-6-9-14-10-7-8-13(4)11-12(2)3/h12-14H,5-11H2,1-4H3. The lowest BCUT2D eigenvalue weighted by molar-refractivity contribution is 0.401. The first-order chi connectivity index (χ1) is 6.66. The largest absolute Gasteiger partial charge is 0.317 e. The summed E-state index contributed by atoms with van der Waals surface area (Å²) in [5.74, 6) is 1.76. The second-order valence-electron chi connectivity index (χ2n) is 4.98. The molecular formula is C13H29N. The van der Waals surface area contributed by atoms with Gasteiger partial charge in [-0.1, -0.05) is 34.1 Å². The lowest BCUT2D eigenvalue weighted by Gasteiger charge is -2.13. The van der Waals surface area contributed by atoms with Crippen molar-refractivity contribution in [2.24, 2.45) is 11.8 Å². The molecule has 0 saturated carbocycles. The minimum atomic E-state index is 0.859. The predicted octanol–water partition coefficient (Wildman–Crippen LogP) is 3.84. The minimum absolute atomic E-state index is 0.859. The van der Waals surface area contributed by atoms with E-state index in [4.69, 9.17) is 0 Å². The Kier molecular flexibility index (Phi) is 9.49. The van der Waals surface area contributed by atoms with E-state index in [0.717, 1.165) is 11.8 Å². The lowest BCUT2D eigenvalue weighted by atomic mass is 9.95. The maximum atomic E-state index is 3.49. The highest BCUT2D eigenvalue weighted by atomic mass is 14.8. The molecule has 0 rings (SSSR count). The van der Waals surface area contributed by atoms with Crippen molar-refractivity contribution >= 4 is 0 Å². The van der Waals surface area contributed by atoms with Gasteiger partial charge in [0.2, 0.25) is 0 Å². The Hall–Kier alpha value is -0.0400. The van der Waals surface area contributed by atoms with Crippen LogP contribution in [-0.4, -0.2) is 13.1 Å². The van der Waals surface area contributed by atoms with E-state index < -0.39 is 0 Å². The molecule has 0 fully saturated rings. The third-order valence-corrected chi connectivity index (χ3v) is 2.63. The summed E-state index contributed by atoms with van der Waals surface area (Å²) in [6.45, 7) is 11.7. The fourth-order valence-electron chi connectivity index (χ4n) is 1.92. The molecule has 1 nitrogen and oxygen atoms in total. The Morgan fingerprint density at radius 2 is 1.64 bits per heavy atom. The van der Waals surface area contributed by atoms with E-state index >= 15 is 0 Å². The SMILES string of the molecule is CCCCNCCCC(C)CC(C)C. The summed E-state index contributed by atoms with van der Waals surface area (Å²) in [7, 11) is 0. The Balaban J connectivity index is 3.10. The van der Waals surface area contributed by atoms with E-state index in [1.54, 1.807) is 0 Å². The Morgan fingerprint density at radius 3 is 2.21 bits per heavy atom. The van der Waals surface area contributed by atoms with Gasteiger partial charge in [0.15, 0.2) is 0 Å². The van der Waals surface area contributed by atoms with Crippen LogP contribution in [0.1, 0.15) is 59.8 Å². The van der Waals surface area contributed by atoms with Gasteiger partial charge >= 0.3 is 0 Å². The van der Waals surface area contributed by atoms with Crippen LogP contribution in [0.2, 0.25) is 0 Å². The van der Waals surface area contributed by atoms with E-state index in [2.05, 4.69) is 33.0 Å². The molecule has 1 heteroatoms. The second kappa shape index (κ2) is 9.51. The van der Waals surface area contributed by atoms with Gasteiger partial charge in [-0.3, -0.25) is 0 Å². The van der Waals surface area contributed by atoms with Crippen LogP contribution in [0, 0.1) is 11.8 Å². The summed E-state index contributed by atoms with van der Waals surface area (Å²) in [4.78, 5) is 0. The molecule has 1 unspecified atom stereocenters. The quantitative estimate of drug-likeness (QED) is 0.556. The molecule has 0 aromatic rings. The van der Waals surface area contributed by atoms with Crippen molar-refractivity contribution in [3.05, 3.63) is 0 Å². The van der Waals surface area contributed by atoms with Crippen LogP contribution in [0.5, 0.6) is 0 Å². The molecule has 0 aromatic heterocycles. The minimum Gasteiger partial charge on any atom is -0.317 e. The molecule has 1 N–H and O–H groups in total. The van der Waals surface area contributed by atoms with Crippen LogP contribution in [0.3, 0.4) is 0 Å². The molecular weight excluding hydrogens is 170 g/mol. The Labute approximate surface area is 90.7 Å². The summed E-state index contributed by atoms with van der Waals surface area (Å²) >= 11 is 0. The van der Waals surface area contributed by atoms with Crippen molar-refractivity contribution < 1.29 is 0 Å². The van der Waals surface area contributed by atoms with Gasteiger partial charge in [0.25, 0.3) is 0 Å². The zero-order valence-electron chi connectivity index (χ0n) is 10.6. The molecule has 0 spiro atoms. The van der Waals surface area contributed by atoms with Gasteiger partial charge in [0, 0.05) is 0 Å². The fraction of sp³-hybridized carbons (Fsp3) is 1.00. The van der Waals surface area contributed by atoms with Crippen LogP contribution in [0.15, 0.2) is 0 Å². The highest BCUT2D eigenvalue weighted by Crippen LogP contribution is 2.15. The van der Waals surface area contributed by atoms with E-state index in [-0.39, 0.29) is 0 Å². The van der Waals surface area contributed by atoms with Gasteiger partial charge in [-0.15, -0.1) is 0 Å². The van der Waals surface area contributed by atoms with Crippen molar-refractivity contribution in [1.29, 1.82) is 0 Å². The predicted molar refractivity (Wildman–Crippen MR) is 65.6 cm³/mol. The first-order valence-corrected chi connectivity index (χ1v) is 6.37. The molecule has 0 bridgehead atoms. The first-order valence-electron chi connectivity index (χ1n) is 6.37. The molecule has 0 aromatic carbocycles. The van der Waals surface area contributed by atoms with Crippen molar-refractivity contribution in [3.8, 4) is 0 Å². The van der Waals surface area contributed by atoms with Crippen molar-refractivity contribution in [3.63, 3.8) is 0 Å². The molecule has 1 atom stereocenters. The molecule has 0 saturated heterocycles. The number of hydrogen-bond acceptors (Lipinski definition) is 1. The maximum Gasteiger partial charge on any atom is -0.00488 e. The Morgan fingerprint density at radius 1 is 1.00 bits per heavy atom. The van der Waals surface area contributed by atoms with Crippen molar-refractivity contribution in [2.45, 2.75) is 59.8 Å². The number of hydrogen-bond donors (Lipinski definition) is 1. The van der Waals surface area contributed by atoms with Gasteiger partial charge in [0.1, 0.15) is 0 Å². The lowest BCUT2D eigenvalue weighted by Crippen LogP contribution is -2.17. The third-order valence-electron chi connectivity index (χ3n) is 2.63. The maximum absolute atomic E-state index is 3.49. The normalized spacial score (nSPS) is 13.5. The summed E-state index contributed by atoms with van der Waals surface area (Å²) < 4.78 is 0. The van der Waals surface area contributed by atoms with Crippen LogP contribution in [-0.2, 0) is 0 Å². The van der Waals surface area contributed by atoms with Crippen molar-refractivity contribution in [2.75, 3.05) is 13.1 Å². The summed E-state index contributed by atoms with van der Waals surface area (Å²) in [6, 6.07) is 0. The highest BCUT2D eigenvalue weighted by molar-refractivity contribution is 4.57. The second-order valence-corrected chi connectivity index (χ2v) is 4.98. The monoisotopic (exact) mass is 199 g/mol. The van der Waals surface area contributed by atoms with E-state index in [1.165, 1.54) is 45.2 Å². The highest BCUT2D eigenvalue weighted by Gasteiger charge is 2.03. The summed E-state index contributed by atoms with van der Waals surface area (Å²) in [5.41, 5.74) is 0. The third kappa shape index (κ3) is 10.0. The summed E-state index contributed by atoms with van der Waals surface area (Å²) in [5, 5.41) is 3.49. The van der Waals surface area contributed by atoms with Crippen LogP contribution in [0.25, 0.3) is 0 Å². The fourth-order valence-corrected chi connectivity index (χ4v) is 1.92. The van der Waals surface area contributed by atoms with Gasteiger partial charge in [-0.05, 0) is 50.6 Å². The molecule has 0 amide bonds. The first kappa shape index (κ1) is 14.0. The molecule has 0 aliphatic heterocycles. The Bertz CT molecular complexity index is 110. The number of nitrogens with one attached hydrogen (secondary N) is 1. The molecule has 0 heterocycles. The molecule has 0 aliphatic rings. The smallest absolute Gasteiger partial charge is 0.00488 e. The zero-order valence-corrected chi connectivity index (χ0v) is 10.6. The van der Waals surface area contributed by atoms with E-state index in [1.807, 2.05) is 0 Å². The van der Waals surface area contributed by atoms with Gasteiger partial charge in [0.05, 0.1) is 0 Å². The van der Waals surface area contributed by atoms with Crippen LogP contribution >= 0.6 is 0 Å². The van der Waals surface area contributed by atoms with Gasteiger partial charge < -0.3 is 5.32 Å². The average Bonchev–Trinajstić information content (AvgIpc) is 2.10. The molecule has 0 radical (unpaired) electrons. The topological polar surface area (TPSA) is 12.0 Å². The van der Waals surface area contributed by atoms with Crippen LogP contribution in [0.4, 0.5) is 0 Å². The summed E-state index contributed by atoms with van der Waals surface area (Å²) in [6.07, 6.45) is 6.74. The number of unbranched alkanes of at least 4 members (excludes halogenated alkanes) is 1. The molecule has 86 valence electrons. The van der Waals surface area contributed by atoms with E-state index in [9.17, 15) is 0 Å². The van der Waals surface area contributed by atoms with E-state index in [0.29, 0.717) is 0 Å². The molecule has 0 aliphatic carbocycles.